The highest BCUT2D eigenvalue weighted by molar-refractivity contribution is 9.09. The summed E-state index contributed by atoms with van der Waals surface area (Å²) in [5.41, 5.74) is 2.47. The maximum absolute atomic E-state index is 5.36. The minimum absolute atomic E-state index is 0.489. The summed E-state index contributed by atoms with van der Waals surface area (Å²) in [6, 6.07) is 6.26. The van der Waals surface area contributed by atoms with Gasteiger partial charge in [-0.2, -0.15) is 0 Å². The van der Waals surface area contributed by atoms with E-state index in [1.165, 1.54) is 11.1 Å². The molecule has 0 aromatic heterocycles. The molecule has 1 atom stereocenters. The van der Waals surface area contributed by atoms with E-state index in [0.717, 1.165) is 12.2 Å². The van der Waals surface area contributed by atoms with Crippen LogP contribution in [-0.2, 0) is 6.42 Å². The molecule has 0 aliphatic heterocycles. The van der Waals surface area contributed by atoms with Gasteiger partial charge in [-0.3, -0.25) is 0 Å². The number of ether oxygens (including phenoxy) is 1. The minimum atomic E-state index is 0.489. The monoisotopic (exact) mass is 242 g/mol. The summed E-state index contributed by atoms with van der Waals surface area (Å²) in [5, 5.41) is 0. The molecule has 0 aliphatic rings. The van der Waals surface area contributed by atoms with Crippen molar-refractivity contribution in [1.29, 1.82) is 0 Å². The van der Waals surface area contributed by atoms with E-state index < -0.39 is 0 Å². The predicted octanol–water partition coefficient (Wildman–Crippen LogP) is 3.33. The van der Waals surface area contributed by atoms with Crippen molar-refractivity contribution in [2.24, 2.45) is 0 Å². The molecule has 0 saturated carbocycles. The number of benzene rings is 1. The molecule has 0 amide bonds. The summed E-state index contributed by atoms with van der Waals surface area (Å²) in [6.07, 6.45) is 1.00. The molecular formula is C11H15BrO. The van der Waals surface area contributed by atoms with Crippen LogP contribution in [-0.4, -0.2) is 11.9 Å². The van der Waals surface area contributed by atoms with Crippen LogP contribution in [0.1, 0.15) is 18.1 Å². The number of hydrogen-bond donors (Lipinski definition) is 0. The molecule has 1 aromatic rings. The Morgan fingerprint density at radius 1 is 1.46 bits per heavy atom. The van der Waals surface area contributed by atoms with Gasteiger partial charge in [-0.1, -0.05) is 41.1 Å². The number of methoxy groups -OCH3 is 1. The van der Waals surface area contributed by atoms with E-state index in [-0.39, 0.29) is 0 Å². The first-order chi connectivity index (χ1) is 6.15. The van der Waals surface area contributed by atoms with Crippen LogP contribution in [0.4, 0.5) is 0 Å². The van der Waals surface area contributed by atoms with Crippen LogP contribution in [0.2, 0.25) is 0 Å². The SMILES string of the molecule is COc1c(C)cccc1CC(C)Br. The summed E-state index contributed by atoms with van der Waals surface area (Å²) in [6.45, 7) is 4.21. The van der Waals surface area contributed by atoms with Gasteiger partial charge in [0.1, 0.15) is 5.75 Å². The van der Waals surface area contributed by atoms with Crippen LogP contribution >= 0.6 is 15.9 Å². The van der Waals surface area contributed by atoms with E-state index in [9.17, 15) is 0 Å². The topological polar surface area (TPSA) is 9.23 Å². The molecule has 0 bridgehead atoms. The summed E-state index contributed by atoms with van der Waals surface area (Å²) in [4.78, 5) is 0.489. The van der Waals surface area contributed by atoms with Gasteiger partial charge in [-0.05, 0) is 24.5 Å². The van der Waals surface area contributed by atoms with Gasteiger partial charge in [0.05, 0.1) is 7.11 Å². The van der Waals surface area contributed by atoms with Gasteiger partial charge in [0.2, 0.25) is 0 Å². The fourth-order valence-corrected chi connectivity index (χ4v) is 1.82. The third-order valence-electron chi connectivity index (χ3n) is 2.00. The van der Waals surface area contributed by atoms with Gasteiger partial charge in [-0.15, -0.1) is 0 Å². The molecule has 72 valence electrons. The Morgan fingerprint density at radius 2 is 2.15 bits per heavy atom. The van der Waals surface area contributed by atoms with Gasteiger partial charge in [0.15, 0.2) is 0 Å². The van der Waals surface area contributed by atoms with E-state index >= 15 is 0 Å². The molecule has 0 aliphatic carbocycles. The Balaban J connectivity index is 2.98. The van der Waals surface area contributed by atoms with E-state index in [4.69, 9.17) is 4.74 Å². The zero-order valence-corrected chi connectivity index (χ0v) is 9.89. The third kappa shape index (κ3) is 2.73. The molecule has 1 nitrogen and oxygen atoms in total. The summed E-state index contributed by atoms with van der Waals surface area (Å²) in [5.74, 6) is 1.02. The molecule has 1 aromatic carbocycles. The molecule has 0 saturated heterocycles. The van der Waals surface area contributed by atoms with Gasteiger partial charge < -0.3 is 4.74 Å². The van der Waals surface area contributed by atoms with E-state index in [1.54, 1.807) is 7.11 Å². The predicted molar refractivity (Wildman–Crippen MR) is 59.8 cm³/mol. The van der Waals surface area contributed by atoms with Gasteiger partial charge in [0.25, 0.3) is 0 Å². The number of hydrogen-bond acceptors (Lipinski definition) is 1. The minimum Gasteiger partial charge on any atom is -0.496 e. The van der Waals surface area contributed by atoms with E-state index in [0.29, 0.717) is 4.83 Å². The van der Waals surface area contributed by atoms with Crippen LogP contribution in [0.25, 0.3) is 0 Å². The van der Waals surface area contributed by atoms with Gasteiger partial charge >= 0.3 is 0 Å². The van der Waals surface area contributed by atoms with Crippen molar-refractivity contribution in [3.8, 4) is 5.75 Å². The highest BCUT2D eigenvalue weighted by atomic mass is 79.9. The standard InChI is InChI=1S/C11H15BrO/c1-8-5-4-6-10(7-9(2)12)11(8)13-3/h4-6,9H,7H2,1-3H3. The van der Waals surface area contributed by atoms with Gasteiger partial charge in [-0.25, -0.2) is 0 Å². The maximum Gasteiger partial charge on any atom is 0.124 e. The molecule has 1 unspecified atom stereocenters. The van der Waals surface area contributed by atoms with Crippen molar-refractivity contribution in [2.45, 2.75) is 25.1 Å². The Morgan fingerprint density at radius 3 is 2.69 bits per heavy atom. The average molecular weight is 243 g/mol. The summed E-state index contributed by atoms with van der Waals surface area (Å²) in [7, 11) is 1.73. The highest BCUT2D eigenvalue weighted by Gasteiger charge is 2.07. The van der Waals surface area contributed by atoms with Crippen molar-refractivity contribution in [2.75, 3.05) is 7.11 Å². The van der Waals surface area contributed by atoms with Crippen molar-refractivity contribution in [3.63, 3.8) is 0 Å². The summed E-state index contributed by atoms with van der Waals surface area (Å²) >= 11 is 3.54. The summed E-state index contributed by atoms with van der Waals surface area (Å²) < 4.78 is 5.36. The number of rotatable bonds is 3. The zero-order valence-electron chi connectivity index (χ0n) is 8.30. The van der Waals surface area contributed by atoms with Crippen LogP contribution in [0.5, 0.6) is 5.75 Å². The molecule has 0 spiro atoms. The quantitative estimate of drug-likeness (QED) is 0.740. The van der Waals surface area contributed by atoms with Crippen molar-refractivity contribution in [3.05, 3.63) is 29.3 Å². The fraction of sp³-hybridized carbons (Fsp3) is 0.455. The molecule has 0 heterocycles. The number of alkyl halides is 1. The Hall–Kier alpha value is -0.500. The van der Waals surface area contributed by atoms with Crippen LogP contribution in [0.3, 0.4) is 0 Å². The lowest BCUT2D eigenvalue weighted by atomic mass is 10.1. The lowest BCUT2D eigenvalue weighted by molar-refractivity contribution is 0.406. The zero-order chi connectivity index (χ0) is 9.84. The van der Waals surface area contributed by atoms with E-state index in [2.05, 4.69) is 48.0 Å². The largest absolute Gasteiger partial charge is 0.496 e. The average Bonchev–Trinajstić information content (AvgIpc) is 2.03. The smallest absolute Gasteiger partial charge is 0.124 e. The molecule has 0 fully saturated rings. The third-order valence-corrected chi connectivity index (χ3v) is 2.32. The van der Waals surface area contributed by atoms with Crippen molar-refractivity contribution in [1.82, 2.24) is 0 Å². The highest BCUT2D eigenvalue weighted by Crippen LogP contribution is 2.25. The fourth-order valence-electron chi connectivity index (χ4n) is 1.47. The Bertz CT molecular complexity index is 281. The van der Waals surface area contributed by atoms with E-state index in [1.807, 2.05) is 0 Å². The molecule has 0 radical (unpaired) electrons. The first kappa shape index (κ1) is 10.6. The molecule has 0 N–H and O–H groups in total. The lowest BCUT2D eigenvalue weighted by Gasteiger charge is -2.11. The molecular weight excluding hydrogens is 228 g/mol. The van der Waals surface area contributed by atoms with Crippen molar-refractivity contribution < 1.29 is 4.74 Å². The lowest BCUT2D eigenvalue weighted by Crippen LogP contribution is -2.00. The maximum atomic E-state index is 5.36. The normalized spacial score (nSPS) is 12.6. The Kier molecular flexibility index (Phi) is 3.79. The molecule has 1 rings (SSSR count). The van der Waals surface area contributed by atoms with Crippen LogP contribution in [0, 0.1) is 6.92 Å². The number of aryl methyl sites for hydroxylation is 1. The van der Waals surface area contributed by atoms with Crippen LogP contribution < -0.4 is 4.74 Å². The molecule has 13 heavy (non-hydrogen) atoms. The first-order valence-electron chi connectivity index (χ1n) is 4.41. The Labute approximate surface area is 88.2 Å². The number of para-hydroxylation sites is 1. The number of halogens is 1. The second kappa shape index (κ2) is 4.66. The van der Waals surface area contributed by atoms with Gasteiger partial charge in [0, 0.05) is 4.83 Å². The van der Waals surface area contributed by atoms with Crippen molar-refractivity contribution >= 4 is 15.9 Å². The van der Waals surface area contributed by atoms with Crippen LogP contribution in [0.15, 0.2) is 18.2 Å². The molecule has 2 heteroatoms. The first-order valence-corrected chi connectivity index (χ1v) is 5.33. The second-order valence-corrected chi connectivity index (χ2v) is 4.82. The second-order valence-electron chi connectivity index (χ2n) is 3.25.